The van der Waals surface area contributed by atoms with Crippen LogP contribution in [-0.4, -0.2) is 44.3 Å². The number of rotatable bonds is 22. The maximum absolute atomic E-state index is 12.8. The van der Waals surface area contributed by atoms with Crippen molar-refractivity contribution in [1.82, 2.24) is 0 Å². The van der Waals surface area contributed by atoms with Crippen LogP contribution < -0.4 is 18.9 Å². The van der Waals surface area contributed by atoms with Crippen LogP contribution in [0.5, 0.6) is 28.7 Å². The van der Waals surface area contributed by atoms with E-state index >= 15 is 0 Å². The van der Waals surface area contributed by atoms with Crippen LogP contribution in [-0.2, 0) is 19.1 Å². The van der Waals surface area contributed by atoms with Crippen LogP contribution in [0.25, 0.3) is 0 Å². The summed E-state index contributed by atoms with van der Waals surface area (Å²) >= 11 is 0. The predicted molar refractivity (Wildman–Crippen MR) is 179 cm³/mol. The summed E-state index contributed by atoms with van der Waals surface area (Å²) in [5, 5.41) is 0. The lowest BCUT2D eigenvalue weighted by atomic mass is 10.2. The van der Waals surface area contributed by atoms with E-state index in [1.54, 1.807) is 36.4 Å². The number of carbonyl (C=O) groups is 3. The van der Waals surface area contributed by atoms with Crippen LogP contribution in [0.15, 0.2) is 92.0 Å². The number of aryl methyl sites for hydroxylation is 1. The molecular formula is C38H44O9. The number of unbranched alkanes of at least 4 members (excludes halogenated alkanes) is 6. The Kier molecular flexibility index (Phi) is 16.2. The third-order valence-corrected chi connectivity index (χ3v) is 6.94. The van der Waals surface area contributed by atoms with Gasteiger partial charge in [0.2, 0.25) is 0 Å². The maximum Gasteiger partial charge on any atom is 0.343 e. The SMILES string of the molecule is C=CC(=O)OCCCCCCOc1ccc(Oc2ccc(OC(=O)c3ccc(OCCCCCCOC(=O)C=C)cc3)c(C)c2)cc1. The largest absolute Gasteiger partial charge is 0.494 e. The van der Waals surface area contributed by atoms with Gasteiger partial charge in [0.15, 0.2) is 0 Å². The standard InChI is InChI=1S/C38H44O9/c1-4-36(39)44-26-12-8-6-10-24-42-31-16-14-30(15-17-31)38(41)47-35-23-22-34(28-29(35)3)46-33-20-18-32(19-21-33)43-25-11-7-9-13-27-45-37(40)5-2/h4-5,14-23,28H,1-2,6-13,24-27H2,3H3. The molecule has 0 aliphatic rings. The first-order chi connectivity index (χ1) is 22.9. The number of hydrogen-bond acceptors (Lipinski definition) is 9. The summed E-state index contributed by atoms with van der Waals surface area (Å²) in [4.78, 5) is 34.8. The average Bonchev–Trinajstić information content (AvgIpc) is 3.08. The molecule has 0 unspecified atom stereocenters. The smallest absolute Gasteiger partial charge is 0.343 e. The van der Waals surface area contributed by atoms with Gasteiger partial charge in [-0.15, -0.1) is 0 Å². The minimum atomic E-state index is -0.463. The summed E-state index contributed by atoms with van der Waals surface area (Å²) < 4.78 is 33.1. The van der Waals surface area contributed by atoms with Crippen LogP contribution in [0.3, 0.4) is 0 Å². The predicted octanol–water partition coefficient (Wildman–Crippen LogP) is 8.34. The first kappa shape index (κ1) is 36.4. The number of benzene rings is 3. The van der Waals surface area contributed by atoms with Gasteiger partial charge >= 0.3 is 17.9 Å². The lowest BCUT2D eigenvalue weighted by molar-refractivity contribution is -0.138. The van der Waals surface area contributed by atoms with Gasteiger partial charge in [0.05, 0.1) is 32.0 Å². The molecule has 0 heterocycles. The van der Waals surface area contributed by atoms with Crippen molar-refractivity contribution < 1.29 is 42.8 Å². The van der Waals surface area contributed by atoms with Crippen molar-refractivity contribution in [1.29, 1.82) is 0 Å². The summed E-state index contributed by atoms with van der Waals surface area (Å²) in [5.74, 6) is 1.91. The molecule has 3 rings (SSSR count). The highest BCUT2D eigenvalue weighted by Crippen LogP contribution is 2.29. The molecule has 3 aromatic carbocycles. The fourth-order valence-electron chi connectivity index (χ4n) is 4.34. The van der Waals surface area contributed by atoms with E-state index in [1.165, 1.54) is 6.08 Å². The zero-order valence-electron chi connectivity index (χ0n) is 27.1. The maximum atomic E-state index is 12.8. The van der Waals surface area contributed by atoms with Gasteiger partial charge in [-0.2, -0.15) is 0 Å². The van der Waals surface area contributed by atoms with Gasteiger partial charge in [0, 0.05) is 12.2 Å². The number of esters is 3. The van der Waals surface area contributed by atoms with E-state index in [-0.39, 0.29) is 5.97 Å². The van der Waals surface area contributed by atoms with E-state index in [4.69, 9.17) is 28.4 Å². The Morgan fingerprint density at radius 3 is 1.51 bits per heavy atom. The zero-order valence-corrected chi connectivity index (χ0v) is 27.1. The minimum Gasteiger partial charge on any atom is -0.494 e. The Morgan fingerprint density at radius 2 is 1.02 bits per heavy atom. The van der Waals surface area contributed by atoms with Crippen LogP contribution in [0.4, 0.5) is 0 Å². The molecule has 47 heavy (non-hydrogen) atoms. The molecule has 3 aromatic rings. The highest BCUT2D eigenvalue weighted by Gasteiger charge is 2.12. The van der Waals surface area contributed by atoms with Gasteiger partial charge in [-0.05, 0) is 131 Å². The molecule has 250 valence electrons. The molecule has 0 N–H and O–H groups in total. The van der Waals surface area contributed by atoms with Gasteiger partial charge in [-0.1, -0.05) is 13.2 Å². The van der Waals surface area contributed by atoms with Gasteiger partial charge in [0.25, 0.3) is 0 Å². The molecule has 0 radical (unpaired) electrons. The second-order valence-corrected chi connectivity index (χ2v) is 10.7. The molecule has 9 nitrogen and oxygen atoms in total. The van der Waals surface area contributed by atoms with E-state index in [1.807, 2.05) is 37.3 Å². The van der Waals surface area contributed by atoms with Crippen molar-refractivity contribution >= 4 is 17.9 Å². The van der Waals surface area contributed by atoms with Crippen LogP contribution >= 0.6 is 0 Å². The highest BCUT2D eigenvalue weighted by molar-refractivity contribution is 5.91. The topological polar surface area (TPSA) is 107 Å². The third kappa shape index (κ3) is 14.3. The lowest BCUT2D eigenvalue weighted by Gasteiger charge is -2.12. The van der Waals surface area contributed by atoms with Gasteiger partial charge in [-0.3, -0.25) is 0 Å². The van der Waals surface area contributed by atoms with Crippen molar-refractivity contribution in [3.05, 3.63) is 103 Å². The summed E-state index contributed by atoms with van der Waals surface area (Å²) in [5.41, 5.74) is 1.17. The Hall–Kier alpha value is -5.05. The van der Waals surface area contributed by atoms with Crippen molar-refractivity contribution in [3.63, 3.8) is 0 Å². The number of hydrogen-bond donors (Lipinski definition) is 0. The second kappa shape index (κ2) is 20.9. The van der Waals surface area contributed by atoms with Crippen LogP contribution in [0, 0.1) is 6.92 Å². The fourth-order valence-corrected chi connectivity index (χ4v) is 4.34. The Bertz CT molecular complexity index is 1430. The zero-order chi connectivity index (χ0) is 33.7. The molecule has 0 saturated carbocycles. The third-order valence-electron chi connectivity index (χ3n) is 6.94. The normalized spacial score (nSPS) is 10.4. The molecule has 9 heteroatoms. The van der Waals surface area contributed by atoms with Gasteiger partial charge < -0.3 is 28.4 Å². The highest BCUT2D eigenvalue weighted by atomic mass is 16.5. The van der Waals surface area contributed by atoms with E-state index in [2.05, 4.69) is 13.2 Å². The number of ether oxygens (including phenoxy) is 6. The van der Waals surface area contributed by atoms with E-state index in [0.717, 1.165) is 68.8 Å². The summed E-state index contributed by atoms with van der Waals surface area (Å²) in [6.07, 6.45) is 9.59. The Balaban J connectivity index is 1.34. The van der Waals surface area contributed by atoms with E-state index in [9.17, 15) is 14.4 Å². The monoisotopic (exact) mass is 644 g/mol. The van der Waals surface area contributed by atoms with Crippen molar-refractivity contribution in [3.8, 4) is 28.7 Å². The average molecular weight is 645 g/mol. The van der Waals surface area contributed by atoms with Crippen LogP contribution in [0.2, 0.25) is 0 Å². The van der Waals surface area contributed by atoms with Crippen molar-refractivity contribution in [2.24, 2.45) is 0 Å². The molecule has 0 aliphatic heterocycles. The quantitative estimate of drug-likeness (QED) is 0.0462. The molecule has 0 aliphatic carbocycles. The fraction of sp³-hybridized carbons (Fsp3) is 0.342. The van der Waals surface area contributed by atoms with Crippen LogP contribution in [0.1, 0.15) is 67.3 Å². The molecule has 0 fully saturated rings. The molecule has 0 aromatic heterocycles. The molecule has 0 spiro atoms. The summed E-state index contributed by atoms with van der Waals surface area (Å²) in [6.45, 7) is 10.6. The molecule has 0 bridgehead atoms. The number of carbonyl (C=O) groups excluding carboxylic acids is 3. The van der Waals surface area contributed by atoms with E-state index in [0.29, 0.717) is 55.0 Å². The Labute approximate surface area is 277 Å². The lowest BCUT2D eigenvalue weighted by Crippen LogP contribution is -2.09. The summed E-state index contributed by atoms with van der Waals surface area (Å²) in [6, 6.07) is 19.5. The minimum absolute atomic E-state index is 0.386. The first-order valence-electron chi connectivity index (χ1n) is 15.9. The second-order valence-electron chi connectivity index (χ2n) is 10.7. The summed E-state index contributed by atoms with van der Waals surface area (Å²) in [7, 11) is 0. The molecule has 0 saturated heterocycles. The van der Waals surface area contributed by atoms with Gasteiger partial charge in [-0.25, -0.2) is 14.4 Å². The van der Waals surface area contributed by atoms with Crippen molar-refractivity contribution in [2.75, 3.05) is 26.4 Å². The first-order valence-corrected chi connectivity index (χ1v) is 15.9. The molecule has 0 amide bonds. The Morgan fingerprint density at radius 1 is 0.574 bits per heavy atom. The molecule has 0 atom stereocenters. The molecular weight excluding hydrogens is 600 g/mol. The van der Waals surface area contributed by atoms with Crippen molar-refractivity contribution in [2.45, 2.75) is 58.3 Å². The van der Waals surface area contributed by atoms with Gasteiger partial charge in [0.1, 0.15) is 28.7 Å². The van der Waals surface area contributed by atoms with E-state index < -0.39 is 11.9 Å².